The van der Waals surface area contributed by atoms with Gasteiger partial charge in [0.25, 0.3) is 0 Å². The Morgan fingerprint density at radius 2 is 2.03 bits per heavy atom. The first-order valence-corrected chi connectivity index (χ1v) is 9.38. The molecule has 1 amide bonds. The quantitative estimate of drug-likeness (QED) is 0.471. The van der Waals surface area contributed by atoms with Gasteiger partial charge in [0.05, 0.1) is 12.9 Å². The molecule has 0 saturated heterocycles. The monoisotopic (exact) mass is 401 g/mol. The Morgan fingerprint density at radius 1 is 1.24 bits per heavy atom. The third-order valence-corrected chi connectivity index (χ3v) is 4.34. The Kier molecular flexibility index (Phi) is 6.77. The fraction of sp³-hybridized carbons (Fsp3) is 0.368. The number of rotatable bonds is 9. The maximum Gasteiger partial charge on any atom is 0.407 e. The molecule has 0 spiro atoms. The number of hydrogen-bond donors (Lipinski definition) is 3. The molecule has 0 fully saturated rings. The summed E-state index contributed by atoms with van der Waals surface area (Å²) in [5.41, 5.74) is 8.08. The number of unbranched alkanes of at least 4 members (excludes halogenated alkanes) is 1. The number of fused-ring (bicyclic) bond motifs is 1. The standard InChI is InChI=1S/C19H24FN7O2/c1-22-18-25-16(21)15-17(26-18)27(12-24-15)10-2-3-11-29-19(28)23-9-8-13-4-6-14(20)7-5-13/h4-7,12H,2-3,8-11H2,1H3,(H,23,28)(H3,21,22,25,26). The average molecular weight is 401 g/mol. The number of ether oxygens (including phenoxy) is 1. The van der Waals surface area contributed by atoms with Crippen LogP contribution in [0, 0.1) is 5.82 Å². The zero-order valence-corrected chi connectivity index (χ0v) is 16.2. The van der Waals surface area contributed by atoms with E-state index in [1.54, 1.807) is 25.5 Å². The maximum absolute atomic E-state index is 12.8. The van der Waals surface area contributed by atoms with Gasteiger partial charge in [-0.15, -0.1) is 0 Å². The molecule has 0 aliphatic rings. The number of carbonyl (C=O) groups is 1. The lowest BCUT2D eigenvalue weighted by molar-refractivity contribution is 0.144. The molecule has 0 atom stereocenters. The number of amides is 1. The fourth-order valence-corrected chi connectivity index (χ4v) is 2.80. The summed E-state index contributed by atoms with van der Waals surface area (Å²) in [6, 6.07) is 6.19. The second kappa shape index (κ2) is 9.67. The van der Waals surface area contributed by atoms with Crippen LogP contribution in [0.5, 0.6) is 0 Å². The normalized spacial score (nSPS) is 10.8. The molecule has 154 valence electrons. The van der Waals surface area contributed by atoms with Crippen LogP contribution in [-0.4, -0.2) is 45.8 Å². The summed E-state index contributed by atoms with van der Waals surface area (Å²) in [5.74, 6) is 0.499. The molecule has 3 rings (SSSR count). The molecular formula is C19H24FN7O2. The fourth-order valence-electron chi connectivity index (χ4n) is 2.80. The summed E-state index contributed by atoms with van der Waals surface area (Å²) in [6.07, 6.45) is 3.32. The van der Waals surface area contributed by atoms with Crippen LogP contribution in [0.15, 0.2) is 30.6 Å². The molecule has 0 saturated carbocycles. The van der Waals surface area contributed by atoms with Crippen molar-refractivity contribution in [2.75, 3.05) is 31.2 Å². The SMILES string of the molecule is CNc1nc(N)c2ncn(CCCCOC(=O)NCCc3ccc(F)cc3)c2n1. The van der Waals surface area contributed by atoms with Crippen LogP contribution in [0.3, 0.4) is 0 Å². The van der Waals surface area contributed by atoms with Gasteiger partial charge >= 0.3 is 6.09 Å². The summed E-state index contributed by atoms with van der Waals surface area (Å²) in [5, 5.41) is 5.56. The Bertz CT molecular complexity index is 959. The summed E-state index contributed by atoms with van der Waals surface area (Å²) in [6.45, 7) is 1.42. The van der Waals surface area contributed by atoms with Crippen LogP contribution in [0.2, 0.25) is 0 Å². The molecule has 10 heteroatoms. The molecule has 3 aromatic rings. The maximum atomic E-state index is 12.8. The van der Waals surface area contributed by atoms with E-state index < -0.39 is 6.09 Å². The lowest BCUT2D eigenvalue weighted by Crippen LogP contribution is -2.26. The molecule has 1 aromatic carbocycles. The van der Waals surface area contributed by atoms with Crippen molar-refractivity contribution in [1.29, 1.82) is 0 Å². The molecule has 0 radical (unpaired) electrons. The van der Waals surface area contributed by atoms with Gasteiger partial charge in [0, 0.05) is 20.1 Å². The first-order chi connectivity index (χ1) is 14.1. The number of hydrogen-bond acceptors (Lipinski definition) is 7. The van der Waals surface area contributed by atoms with Crippen molar-refractivity contribution >= 4 is 29.0 Å². The molecule has 0 bridgehead atoms. The van der Waals surface area contributed by atoms with Gasteiger partial charge in [-0.1, -0.05) is 12.1 Å². The molecule has 29 heavy (non-hydrogen) atoms. The number of imidazole rings is 1. The van der Waals surface area contributed by atoms with Crippen LogP contribution in [0.25, 0.3) is 11.2 Å². The Labute approximate surface area is 167 Å². The van der Waals surface area contributed by atoms with Crippen LogP contribution in [-0.2, 0) is 17.7 Å². The number of aryl methyl sites for hydroxylation is 1. The zero-order chi connectivity index (χ0) is 20.6. The van der Waals surface area contributed by atoms with Crippen LogP contribution in [0.1, 0.15) is 18.4 Å². The molecule has 0 aliphatic carbocycles. The second-order valence-corrected chi connectivity index (χ2v) is 6.44. The van der Waals surface area contributed by atoms with Gasteiger partial charge in [-0.3, -0.25) is 0 Å². The topological polar surface area (TPSA) is 120 Å². The number of carbonyl (C=O) groups excluding carboxylic acids is 1. The summed E-state index contributed by atoms with van der Waals surface area (Å²) in [7, 11) is 1.73. The van der Waals surface area contributed by atoms with Crippen molar-refractivity contribution in [1.82, 2.24) is 24.8 Å². The number of nitrogen functional groups attached to an aromatic ring is 1. The molecule has 2 aromatic heterocycles. The molecule has 0 unspecified atom stereocenters. The van der Waals surface area contributed by atoms with E-state index in [0.717, 1.165) is 12.0 Å². The molecule has 0 aliphatic heterocycles. The summed E-state index contributed by atoms with van der Waals surface area (Å²) < 4.78 is 19.9. The lowest BCUT2D eigenvalue weighted by atomic mass is 10.1. The molecule has 2 heterocycles. The number of nitrogens with two attached hydrogens (primary N) is 1. The van der Waals surface area contributed by atoms with Gasteiger partial charge < -0.3 is 25.7 Å². The Morgan fingerprint density at radius 3 is 2.79 bits per heavy atom. The minimum Gasteiger partial charge on any atom is -0.450 e. The van der Waals surface area contributed by atoms with Gasteiger partial charge in [0.1, 0.15) is 11.3 Å². The molecule has 4 N–H and O–H groups in total. The predicted molar refractivity (Wildman–Crippen MR) is 108 cm³/mol. The number of aromatic nitrogens is 4. The van der Waals surface area contributed by atoms with E-state index in [0.29, 0.717) is 55.5 Å². The van der Waals surface area contributed by atoms with Crippen molar-refractivity contribution in [3.8, 4) is 0 Å². The van der Waals surface area contributed by atoms with Crippen molar-refractivity contribution in [2.24, 2.45) is 0 Å². The van der Waals surface area contributed by atoms with E-state index in [1.807, 2.05) is 4.57 Å². The number of halogens is 1. The van der Waals surface area contributed by atoms with Crippen molar-refractivity contribution in [2.45, 2.75) is 25.8 Å². The first-order valence-electron chi connectivity index (χ1n) is 9.38. The summed E-state index contributed by atoms with van der Waals surface area (Å²) in [4.78, 5) is 24.5. The van der Waals surface area contributed by atoms with Crippen LogP contribution < -0.4 is 16.4 Å². The Hall–Kier alpha value is -3.43. The van der Waals surface area contributed by atoms with Gasteiger partial charge in [-0.05, 0) is 37.0 Å². The highest BCUT2D eigenvalue weighted by atomic mass is 19.1. The lowest BCUT2D eigenvalue weighted by Gasteiger charge is -2.08. The van der Waals surface area contributed by atoms with Crippen molar-refractivity contribution < 1.29 is 13.9 Å². The van der Waals surface area contributed by atoms with Crippen LogP contribution >= 0.6 is 0 Å². The van der Waals surface area contributed by atoms with E-state index >= 15 is 0 Å². The number of benzene rings is 1. The number of alkyl carbamates (subject to hydrolysis) is 1. The van der Waals surface area contributed by atoms with Crippen molar-refractivity contribution in [3.05, 3.63) is 42.0 Å². The van der Waals surface area contributed by atoms with E-state index in [2.05, 4.69) is 25.6 Å². The number of nitrogens with zero attached hydrogens (tertiary/aromatic N) is 4. The largest absolute Gasteiger partial charge is 0.450 e. The van der Waals surface area contributed by atoms with E-state index in [9.17, 15) is 9.18 Å². The highest BCUT2D eigenvalue weighted by Gasteiger charge is 2.10. The van der Waals surface area contributed by atoms with Gasteiger partial charge in [0.2, 0.25) is 5.95 Å². The number of nitrogens with one attached hydrogen (secondary N) is 2. The minimum atomic E-state index is -0.459. The molecular weight excluding hydrogens is 377 g/mol. The third-order valence-electron chi connectivity index (χ3n) is 4.34. The smallest absolute Gasteiger partial charge is 0.407 e. The average Bonchev–Trinajstić information content (AvgIpc) is 3.12. The summed E-state index contributed by atoms with van der Waals surface area (Å²) >= 11 is 0. The Balaban J connectivity index is 1.35. The first kappa shape index (κ1) is 20.3. The van der Waals surface area contributed by atoms with E-state index in [-0.39, 0.29) is 5.82 Å². The van der Waals surface area contributed by atoms with Gasteiger partial charge in [0.15, 0.2) is 11.5 Å². The minimum absolute atomic E-state index is 0.275. The number of anilines is 2. The second-order valence-electron chi connectivity index (χ2n) is 6.44. The third kappa shape index (κ3) is 5.53. The van der Waals surface area contributed by atoms with Gasteiger partial charge in [-0.2, -0.15) is 9.97 Å². The zero-order valence-electron chi connectivity index (χ0n) is 16.2. The van der Waals surface area contributed by atoms with Gasteiger partial charge in [-0.25, -0.2) is 14.2 Å². The van der Waals surface area contributed by atoms with Crippen molar-refractivity contribution in [3.63, 3.8) is 0 Å². The highest BCUT2D eigenvalue weighted by Crippen LogP contribution is 2.18. The predicted octanol–water partition coefficient (Wildman–Crippen LogP) is 2.34. The molecule has 9 nitrogen and oxygen atoms in total. The highest BCUT2D eigenvalue weighted by molar-refractivity contribution is 5.82. The van der Waals surface area contributed by atoms with E-state index in [1.165, 1.54) is 12.1 Å². The van der Waals surface area contributed by atoms with Crippen LogP contribution in [0.4, 0.5) is 21.0 Å². The van der Waals surface area contributed by atoms with E-state index in [4.69, 9.17) is 10.5 Å².